The van der Waals surface area contributed by atoms with Gasteiger partial charge in [0.05, 0.1) is 10.0 Å². The molecule has 0 N–H and O–H groups in total. The highest BCUT2D eigenvalue weighted by molar-refractivity contribution is 6.42. The van der Waals surface area contributed by atoms with Crippen molar-refractivity contribution >= 4 is 23.2 Å². The Kier molecular flexibility index (Phi) is 6.83. The summed E-state index contributed by atoms with van der Waals surface area (Å²) in [6.45, 7) is 1.85. The minimum Gasteiger partial charge on any atom is -0.288 e. The smallest absolute Gasteiger partial charge is 0.0595 e. The predicted octanol–water partition coefficient (Wildman–Crippen LogP) is 8.66. The van der Waals surface area contributed by atoms with E-state index < -0.39 is 0 Å². The Balaban J connectivity index is 1.51. The molecule has 0 aromatic heterocycles. The van der Waals surface area contributed by atoms with E-state index in [-0.39, 0.29) is 0 Å². The van der Waals surface area contributed by atoms with Crippen molar-refractivity contribution in [1.82, 2.24) is 4.90 Å². The van der Waals surface area contributed by atoms with Gasteiger partial charge in [-0.15, -0.1) is 0 Å². The van der Waals surface area contributed by atoms with E-state index in [9.17, 15) is 0 Å². The van der Waals surface area contributed by atoms with Crippen molar-refractivity contribution in [1.29, 1.82) is 0 Å². The van der Waals surface area contributed by atoms with Crippen molar-refractivity contribution in [3.8, 4) is 0 Å². The molecule has 5 rings (SSSR count). The number of halogens is 2. The summed E-state index contributed by atoms with van der Waals surface area (Å²) in [6.07, 6.45) is 2.18. The van der Waals surface area contributed by atoms with E-state index in [1.165, 1.54) is 27.8 Å². The SMILES string of the molecule is Clc1ccc([C@@H]2CC[C@H](N(Cc3ccccc3)Cc3ccccc3)c3ccccc32)cc1Cl. The van der Waals surface area contributed by atoms with Crippen LogP contribution in [-0.2, 0) is 13.1 Å². The second-order valence-corrected chi connectivity index (χ2v) is 9.64. The molecule has 33 heavy (non-hydrogen) atoms. The summed E-state index contributed by atoms with van der Waals surface area (Å²) in [5.41, 5.74) is 6.76. The second kappa shape index (κ2) is 10.1. The first-order valence-electron chi connectivity index (χ1n) is 11.5. The molecule has 3 heteroatoms. The zero-order valence-corrected chi connectivity index (χ0v) is 20.0. The molecule has 0 radical (unpaired) electrons. The molecule has 0 bridgehead atoms. The first kappa shape index (κ1) is 22.2. The number of hydrogen-bond donors (Lipinski definition) is 0. The van der Waals surface area contributed by atoms with E-state index in [2.05, 4.69) is 95.9 Å². The van der Waals surface area contributed by atoms with Gasteiger partial charge in [0.2, 0.25) is 0 Å². The largest absolute Gasteiger partial charge is 0.288 e. The van der Waals surface area contributed by atoms with Gasteiger partial charge in [-0.2, -0.15) is 0 Å². The first-order valence-corrected chi connectivity index (χ1v) is 12.3. The third-order valence-corrected chi connectivity index (χ3v) is 7.44. The predicted molar refractivity (Wildman–Crippen MR) is 139 cm³/mol. The van der Waals surface area contributed by atoms with Crippen LogP contribution >= 0.6 is 23.2 Å². The Morgan fingerprint density at radius 3 is 1.79 bits per heavy atom. The molecule has 1 aliphatic rings. The van der Waals surface area contributed by atoms with Crippen molar-refractivity contribution in [3.05, 3.63) is 141 Å². The highest BCUT2D eigenvalue weighted by atomic mass is 35.5. The summed E-state index contributed by atoms with van der Waals surface area (Å²) in [5.74, 6) is 0.336. The fraction of sp³-hybridized carbons (Fsp3) is 0.200. The van der Waals surface area contributed by atoms with Crippen LogP contribution in [0.3, 0.4) is 0 Å². The fourth-order valence-corrected chi connectivity index (χ4v) is 5.44. The van der Waals surface area contributed by atoms with E-state index in [0.717, 1.165) is 25.9 Å². The lowest BCUT2D eigenvalue weighted by atomic mass is 9.76. The maximum atomic E-state index is 6.38. The first-order chi connectivity index (χ1) is 16.2. The van der Waals surface area contributed by atoms with Gasteiger partial charge in [-0.05, 0) is 52.8 Å². The third kappa shape index (κ3) is 5.01. The van der Waals surface area contributed by atoms with Gasteiger partial charge in [-0.3, -0.25) is 4.90 Å². The van der Waals surface area contributed by atoms with Crippen LogP contribution in [0.2, 0.25) is 10.0 Å². The molecule has 0 spiro atoms. The lowest BCUT2D eigenvalue weighted by Crippen LogP contribution is -2.31. The van der Waals surface area contributed by atoms with E-state index in [0.29, 0.717) is 22.0 Å². The molecule has 0 saturated carbocycles. The van der Waals surface area contributed by atoms with Gasteiger partial charge in [0.1, 0.15) is 0 Å². The maximum absolute atomic E-state index is 6.38. The summed E-state index contributed by atoms with van der Waals surface area (Å²) < 4.78 is 0. The van der Waals surface area contributed by atoms with Crippen molar-refractivity contribution in [2.75, 3.05) is 0 Å². The monoisotopic (exact) mass is 471 g/mol. The highest BCUT2D eigenvalue weighted by Gasteiger charge is 2.31. The van der Waals surface area contributed by atoms with Gasteiger partial charge in [0, 0.05) is 25.0 Å². The minimum absolute atomic E-state index is 0.336. The summed E-state index contributed by atoms with van der Waals surface area (Å²) in [4.78, 5) is 2.63. The molecule has 0 aliphatic heterocycles. The molecule has 0 heterocycles. The lowest BCUT2D eigenvalue weighted by molar-refractivity contribution is 0.158. The van der Waals surface area contributed by atoms with E-state index >= 15 is 0 Å². The molecule has 0 saturated heterocycles. The van der Waals surface area contributed by atoms with Crippen LogP contribution in [0.1, 0.15) is 52.6 Å². The summed E-state index contributed by atoms with van der Waals surface area (Å²) in [5, 5.41) is 1.24. The zero-order chi connectivity index (χ0) is 22.6. The van der Waals surface area contributed by atoms with Crippen LogP contribution in [0.4, 0.5) is 0 Å². The van der Waals surface area contributed by atoms with Crippen LogP contribution in [0.25, 0.3) is 0 Å². The molecule has 0 amide bonds. The normalized spacial score (nSPS) is 17.7. The van der Waals surface area contributed by atoms with Gasteiger partial charge in [0.25, 0.3) is 0 Å². The van der Waals surface area contributed by atoms with Crippen LogP contribution in [-0.4, -0.2) is 4.90 Å². The highest BCUT2D eigenvalue weighted by Crippen LogP contribution is 2.45. The van der Waals surface area contributed by atoms with E-state index in [1.54, 1.807) is 0 Å². The Morgan fingerprint density at radius 1 is 0.606 bits per heavy atom. The maximum Gasteiger partial charge on any atom is 0.0595 e. The Hall–Kier alpha value is -2.58. The van der Waals surface area contributed by atoms with Crippen LogP contribution in [0.5, 0.6) is 0 Å². The van der Waals surface area contributed by atoms with Crippen molar-refractivity contribution in [3.63, 3.8) is 0 Å². The third-order valence-electron chi connectivity index (χ3n) is 6.70. The Bertz CT molecular complexity index is 1160. The molecule has 166 valence electrons. The standard InChI is InChI=1S/C30H27Cl2N/c31-28-17-15-24(19-29(28)32)25-16-18-30(27-14-8-7-13-26(25)27)33(20-22-9-3-1-4-10-22)21-23-11-5-2-6-12-23/h1-15,17,19,25,30H,16,18,20-21H2/t25-,30-/m0/s1. The van der Waals surface area contributed by atoms with Gasteiger partial charge in [-0.25, -0.2) is 0 Å². The van der Waals surface area contributed by atoms with E-state index in [4.69, 9.17) is 23.2 Å². The Labute approximate surface area is 206 Å². The van der Waals surface area contributed by atoms with Crippen LogP contribution in [0, 0.1) is 0 Å². The molecule has 1 aliphatic carbocycles. The second-order valence-electron chi connectivity index (χ2n) is 8.82. The number of benzene rings is 4. The molecular formula is C30H27Cl2N. The van der Waals surface area contributed by atoms with Gasteiger partial charge in [-0.1, -0.05) is 114 Å². The van der Waals surface area contributed by atoms with Crippen molar-refractivity contribution < 1.29 is 0 Å². The number of nitrogens with zero attached hydrogens (tertiary/aromatic N) is 1. The molecule has 2 atom stereocenters. The van der Waals surface area contributed by atoms with Crippen LogP contribution in [0.15, 0.2) is 103 Å². The number of hydrogen-bond acceptors (Lipinski definition) is 1. The van der Waals surface area contributed by atoms with Gasteiger partial charge < -0.3 is 0 Å². The zero-order valence-electron chi connectivity index (χ0n) is 18.5. The molecular weight excluding hydrogens is 445 g/mol. The van der Waals surface area contributed by atoms with E-state index in [1.807, 2.05) is 12.1 Å². The topological polar surface area (TPSA) is 3.24 Å². The number of fused-ring (bicyclic) bond motifs is 1. The summed E-state index contributed by atoms with van der Waals surface area (Å²) in [7, 11) is 0. The molecule has 0 fully saturated rings. The lowest BCUT2D eigenvalue weighted by Gasteiger charge is -2.39. The molecule has 4 aromatic carbocycles. The fourth-order valence-electron chi connectivity index (χ4n) is 5.13. The van der Waals surface area contributed by atoms with Gasteiger partial charge in [0.15, 0.2) is 0 Å². The van der Waals surface area contributed by atoms with Crippen molar-refractivity contribution in [2.24, 2.45) is 0 Å². The average Bonchev–Trinajstić information content (AvgIpc) is 2.86. The van der Waals surface area contributed by atoms with Crippen molar-refractivity contribution in [2.45, 2.75) is 37.9 Å². The molecule has 1 nitrogen and oxygen atoms in total. The Morgan fingerprint density at radius 2 is 1.18 bits per heavy atom. The molecule has 0 unspecified atom stereocenters. The minimum atomic E-state index is 0.336. The quantitative estimate of drug-likeness (QED) is 0.271. The number of rotatable bonds is 6. The van der Waals surface area contributed by atoms with Crippen LogP contribution < -0.4 is 0 Å². The molecule has 4 aromatic rings. The average molecular weight is 472 g/mol. The summed E-state index contributed by atoms with van der Waals surface area (Å²) in [6, 6.07) is 37.0. The van der Waals surface area contributed by atoms with Gasteiger partial charge >= 0.3 is 0 Å². The summed E-state index contributed by atoms with van der Waals surface area (Å²) >= 11 is 12.6.